The molecule has 1 nitrogen and oxygen atoms in total. The van der Waals surface area contributed by atoms with Crippen LogP contribution in [0.5, 0.6) is 0 Å². The van der Waals surface area contributed by atoms with E-state index < -0.39 is 0 Å². The van der Waals surface area contributed by atoms with Gasteiger partial charge in [-0.25, -0.2) is 0 Å². The second kappa shape index (κ2) is 6.86. The molecule has 2 N–H and O–H groups in total. The number of hydrogen-bond acceptors (Lipinski definition) is 1. The molecule has 1 aromatic rings. The van der Waals surface area contributed by atoms with Crippen LogP contribution in [0, 0.1) is 13.8 Å². The van der Waals surface area contributed by atoms with Crippen LogP contribution < -0.4 is 5.73 Å². The van der Waals surface area contributed by atoms with Crippen LogP contribution in [0.2, 0.25) is 0 Å². The van der Waals surface area contributed by atoms with Crippen molar-refractivity contribution in [2.75, 3.05) is 0 Å². The van der Waals surface area contributed by atoms with E-state index in [0.29, 0.717) is 0 Å². The Hall–Kier alpha value is -0.530. The van der Waals surface area contributed by atoms with Crippen molar-refractivity contribution >= 4 is 12.4 Å². The number of aryl methyl sites for hydroxylation is 2. The lowest BCUT2D eigenvalue weighted by atomic mass is 9.96. The topological polar surface area (TPSA) is 26.0 Å². The van der Waals surface area contributed by atoms with Gasteiger partial charge in [0.1, 0.15) is 0 Å². The second-order valence-corrected chi connectivity index (χ2v) is 4.11. The van der Waals surface area contributed by atoms with Crippen LogP contribution in [0.25, 0.3) is 0 Å². The molecule has 0 unspecified atom stereocenters. The third-order valence-electron chi connectivity index (χ3n) is 2.70. The zero-order chi connectivity index (χ0) is 10.6. The van der Waals surface area contributed by atoms with Crippen LogP contribution in [0.4, 0.5) is 0 Å². The molecule has 0 aromatic heterocycles. The zero-order valence-corrected chi connectivity index (χ0v) is 10.7. The molecule has 86 valence electrons. The summed E-state index contributed by atoms with van der Waals surface area (Å²) < 4.78 is 0. The van der Waals surface area contributed by atoms with Crippen LogP contribution in [0.1, 0.15) is 48.9 Å². The van der Waals surface area contributed by atoms with Gasteiger partial charge in [0.25, 0.3) is 0 Å². The Morgan fingerprint density at radius 1 is 1.27 bits per heavy atom. The third kappa shape index (κ3) is 4.23. The number of rotatable bonds is 4. The van der Waals surface area contributed by atoms with Crippen molar-refractivity contribution in [3.8, 4) is 0 Å². The summed E-state index contributed by atoms with van der Waals surface area (Å²) in [5.41, 5.74) is 10.1. The van der Waals surface area contributed by atoms with Crippen LogP contribution in [-0.2, 0) is 0 Å². The first-order valence-corrected chi connectivity index (χ1v) is 5.48. The quantitative estimate of drug-likeness (QED) is 0.829. The van der Waals surface area contributed by atoms with Gasteiger partial charge >= 0.3 is 0 Å². The van der Waals surface area contributed by atoms with Gasteiger partial charge in [-0.15, -0.1) is 12.4 Å². The smallest absolute Gasteiger partial charge is 0.0297 e. The lowest BCUT2D eigenvalue weighted by Gasteiger charge is -2.15. The summed E-state index contributed by atoms with van der Waals surface area (Å²) in [6, 6.07) is 6.74. The monoisotopic (exact) mass is 227 g/mol. The molecule has 0 spiro atoms. The lowest BCUT2D eigenvalue weighted by molar-refractivity contribution is 0.600. The van der Waals surface area contributed by atoms with E-state index in [9.17, 15) is 0 Å². The van der Waals surface area contributed by atoms with E-state index in [2.05, 4.69) is 39.0 Å². The molecule has 0 aliphatic carbocycles. The molecule has 0 heterocycles. The van der Waals surface area contributed by atoms with Crippen molar-refractivity contribution in [2.45, 2.75) is 46.1 Å². The van der Waals surface area contributed by atoms with Crippen LogP contribution in [0.15, 0.2) is 18.2 Å². The first-order chi connectivity index (χ1) is 6.65. The lowest BCUT2D eigenvalue weighted by Crippen LogP contribution is -2.11. The molecule has 0 aliphatic heterocycles. The van der Waals surface area contributed by atoms with Crippen molar-refractivity contribution in [2.24, 2.45) is 5.73 Å². The number of unbranched alkanes of at least 4 members (excludes halogenated alkanes) is 1. The largest absolute Gasteiger partial charge is 0.324 e. The molecule has 0 fully saturated rings. The van der Waals surface area contributed by atoms with Crippen LogP contribution >= 0.6 is 12.4 Å². The maximum atomic E-state index is 6.15. The summed E-state index contributed by atoms with van der Waals surface area (Å²) in [5, 5.41) is 0. The van der Waals surface area contributed by atoms with Gasteiger partial charge < -0.3 is 5.73 Å². The second-order valence-electron chi connectivity index (χ2n) is 4.11. The summed E-state index contributed by atoms with van der Waals surface area (Å²) in [7, 11) is 0. The van der Waals surface area contributed by atoms with E-state index >= 15 is 0 Å². The fourth-order valence-electron chi connectivity index (χ4n) is 1.74. The third-order valence-corrected chi connectivity index (χ3v) is 2.70. The highest BCUT2D eigenvalue weighted by atomic mass is 35.5. The summed E-state index contributed by atoms with van der Waals surface area (Å²) >= 11 is 0. The van der Waals surface area contributed by atoms with Gasteiger partial charge in [-0.1, -0.05) is 43.5 Å². The van der Waals surface area contributed by atoms with E-state index in [0.717, 1.165) is 6.42 Å². The van der Waals surface area contributed by atoms with Crippen LogP contribution in [0.3, 0.4) is 0 Å². The Bertz CT molecular complexity index is 297. The Morgan fingerprint density at radius 2 is 1.93 bits per heavy atom. The van der Waals surface area contributed by atoms with Gasteiger partial charge in [-0.05, 0) is 31.4 Å². The molecule has 15 heavy (non-hydrogen) atoms. The minimum absolute atomic E-state index is 0. The molecular formula is C13H22ClN. The van der Waals surface area contributed by atoms with Crippen molar-refractivity contribution < 1.29 is 0 Å². The fraction of sp³-hybridized carbons (Fsp3) is 0.538. The predicted octanol–water partition coefficient (Wildman–Crippen LogP) is 3.92. The van der Waals surface area contributed by atoms with E-state index in [1.165, 1.54) is 29.5 Å². The van der Waals surface area contributed by atoms with E-state index in [1.807, 2.05) is 0 Å². The number of hydrogen-bond donors (Lipinski definition) is 1. The molecule has 1 atom stereocenters. The van der Waals surface area contributed by atoms with Gasteiger partial charge in [0.2, 0.25) is 0 Å². The summed E-state index contributed by atoms with van der Waals surface area (Å²) in [4.78, 5) is 0. The Kier molecular flexibility index (Phi) is 6.62. The number of halogens is 1. The zero-order valence-electron chi connectivity index (χ0n) is 9.92. The molecular weight excluding hydrogens is 206 g/mol. The number of nitrogens with two attached hydrogens (primary N) is 1. The molecule has 2 heteroatoms. The van der Waals surface area contributed by atoms with Crippen LogP contribution in [-0.4, -0.2) is 0 Å². The van der Waals surface area contributed by atoms with Gasteiger partial charge in [0, 0.05) is 6.04 Å². The number of benzene rings is 1. The summed E-state index contributed by atoms with van der Waals surface area (Å²) in [5.74, 6) is 0. The van der Waals surface area contributed by atoms with Gasteiger partial charge in [0.05, 0.1) is 0 Å². The maximum absolute atomic E-state index is 6.15. The van der Waals surface area contributed by atoms with E-state index in [1.54, 1.807) is 0 Å². The molecule has 1 rings (SSSR count). The molecule has 0 aliphatic rings. The Morgan fingerprint density at radius 3 is 2.53 bits per heavy atom. The molecule has 0 saturated carbocycles. The normalized spacial score (nSPS) is 12.0. The van der Waals surface area contributed by atoms with E-state index in [-0.39, 0.29) is 18.4 Å². The van der Waals surface area contributed by atoms with Gasteiger partial charge in [0.15, 0.2) is 0 Å². The highest BCUT2D eigenvalue weighted by Crippen LogP contribution is 2.21. The average Bonchev–Trinajstić information content (AvgIpc) is 2.18. The van der Waals surface area contributed by atoms with Gasteiger partial charge in [-0.2, -0.15) is 0 Å². The SMILES string of the molecule is CCCC[C@@H](N)c1cc(C)ccc1C.Cl. The van der Waals surface area contributed by atoms with Crippen molar-refractivity contribution in [3.63, 3.8) is 0 Å². The Balaban J connectivity index is 0.00000196. The average molecular weight is 228 g/mol. The molecule has 0 saturated heterocycles. The first-order valence-electron chi connectivity index (χ1n) is 5.48. The minimum atomic E-state index is 0. The highest BCUT2D eigenvalue weighted by molar-refractivity contribution is 5.85. The minimum Gasteiger partial charge on any atom is -0.324 e. The predicted molar refractivity (Wildman–Crippen MR) is 69.6 cm³/mol. The highest BCUT2D eigenvalue weighted by Gasteiger charge is 2.07. The summed E-state index contributed by atoms with van der Waals surface area (Å²) in [6.45, 7) is 6.46. The Labute approximate surface area is 99.5 Å². The standard InChI is InChI=1S/C13H21N.ClH/c1-4-5-6-13(14)12-9-10(2)7-8-11(12)3;/h7-9,13H,4-6,14H2,1-3H3;1H/t13-;/m1./s1. The molecule has 0 radical (unpaired) electrons. The van der Waals surface area contributed by atoms with Gasteiger partial charge in [-0.3, -0.25) is 0 Å². The van der Waals surface area contributed by atoms with Crippen molar-refractivity contribution in [1.29, 1.82) is 0 Å². The summed E-state index contributed by atoms with van der Waals surface area (Å²) in [6.07, 6.45) is 3.54. The maximum Gasteiger partial charge on any atom is 0.0297 e. The molecule has 0 bridgehead atoms. The fourth-order valence-corrected chi connectivity index (χ4v) is 1.74. The first kappa shape index (κ1) is 14.5. The van der Waals surface area contributed by atoms with Crippen molar-refractivity contribution in [1.82, 2.24) is 0 Å². The van der Waals surface area contributed by atoms with Crippen molar-refractivity contribution in [3.05, 3.63) is 34.9 Å². The van der Waals surface area contributed by atoms with E-state index in [4.69, 9.17) is 5.73 Å². The molecule has 0 amide bonds. The molecule has 1 aromatic carbocycles.